The second-order valence-corrected chi connectivity index (χ2v) is 4.99. The minimum atomic E-state index is -1.47. The Morgan fingerprint density at radius 2 is 2.19 bits per heavy atom. The molecule has 0 aliphatic rings. The number of ether oxygens (including phenoxy) is 1. The van der Waals surface area contributed by atoms with Gasteiger partial charge >= 0.3 is 7.12 Å². The highest BCUT2D eigenvalue weighted by molar-refractivity contribution is 6.58. The normalized spacial score (nSPS) is 10.9. The molecule has 0 bridgehead atoms. The molecule has 2 N–H and O–H groups in total. The van der Waals surface area contributed by atoms with Crippen molar-refractivity contribution in [2.45, 2.75) is 6.54 Å². The fourth-order valence-corrected chi connectivity index (χ4v) is 1.95. The average Bonchev–Trinajstić information content (AvgIpc) is 2.84. The number of aromatic nitrogens is 2. The smallest absolute Gasteiger partial charge is 0.488 e. The summed E-state index contributed by atoms with van der Waals surface area (Å²) < 4.78 is 7.62. The van der Waals surface area contributed by atoms with E-state index in [2.05, 4.69) is 9.88 Å². The monoisotopic (exact) mass is 289 g/mol. The lowest BCUT2D eigenvalue weighted by Gasteiger charge is -2.16. The van der Waals surface area contributed by atoms with Crippen LogP contribution in [0, 0.1) is 0 Å². The van der Waals surface area contributed by atoms with Crippen LogP contribution in [0.4, 0.5) is 0 Å². The van der Waals surface area contributed by atoms with Gasteiger partial charge in [0.1, 0.15) is 18.2 Å². The van der Waals surface area contributed by atoms with Gasteiger partial charge in [-0.25, -0.2) is 4.98 Å². The molecule has 0 radical (unpaired) electrons. The number of likely N-dealkylation sites (N-methyl/N-ethyl adjacent to an activating group) is 1. The van der Waals surface area contributed by atoms with Crippen LogP contribution >= 0.6 is 0 Å². The maximum atomic E-state index is 9.11. The first-order valence-electron chi connectivity index (χ1n) is 6.80. The van der Waals surface area contributed by atoms with E-state index in [1.807, 2.05) is 24.9 Å². The lowest BCUT2D eigenvalue weighted by Crippen LogP contribution is -2.30. The fourth-order valence-electron chi connectivity index (χ4n) is 1.95. The lowest BCUT2D eigenvalue weighted by atomic mass is 9.80. The molecule has 0 aliphatic carbocycles. The van der Waals surface area contributed by atoms with Crippen molar-refractivity contribution in [3.8, 4) is 5.75 Å². The van der Waals surface area contributed by atoms with E-state index in [-0.39, 0.29) is 0 Å². The van der Waals surface area contributed by atoms with E-state index in [1.165, 1.54) is 0 Å². The molecular weight excluding hydrogens is 269 g/mol. The van der Waals surface area contributed by atoms with Crippen molar-refractivity contribution in [3.05, 3.63) is 42.5 Å². The van der Waals surface area contributed by atoms with Gasteiger partial charge in [0.25, 0.3) is 0 Å². The Hall–Kier alpha value is -1.83. The Bertz CT molecular complexity index is 574. The van der Waals surface area contributed by atoms with E-state index < -0.39 is 7.12 Å². The summed E-state index contributed by atoms with van der Waals surface area (Å²) in [6.07, 6.45) is 3.71. The zero-order valence-corrected chi connectivity index (χ0v) is 12.3. The van der Waals surface area contributed by atoms with Gasteiger partial charge in [0.2, 0.25) is 0 Å². The van der Waals surface area contributed by atoms with Crippen LogP contribution in [0.25, 0.3) is 0 Å². The SMILES string of the molecule is CN(CCOc1cccc(B(O)O)c1)Cc1nccn1C. The van der Waals surface area contributed by atoms with Crippen LogP contribution in [0.15, 0.2) is 36.7 Å². The molecule has 112 valence electrons. The van der Waals surface area contributed by atoms with Crippen LogP contribution in [0.1, 0.15) is 5.82 Å². The number of nitrogens with zero attached hydrogens (tertiary/aromatic N) is 3. The molecule has 0 amide bonds. The van der Waals surface area contributed by atoms with Gasteiger partial charge < -0.3 is 19.4 Å². The molecule has 0 saturated carbocycles. The predicted octanol–water partition coefficient (Wildman–Crippen LogP) is -0.389. The largest absolute Gasteiger partial charge is 0.492 e. The van der Waals surface area contributed by atoms with Crippen molar-refractivity contribution in [2.75, 3.05) is 20.2 Å². The molecule has 0 saturated heterocycles. The van der Waals surface area contributed by atoms with Gasteiger partial charge in [0.15, 0.2) is 0 Å². The average molecular weight is 289 g/mol. The second kappa shape index (κ2) is 7.26. The molecule has 21 heavy (non-hydrogen) atoms. The van der Waals surface area contributed by atoms with Crippen LogP contribution in [0.3, 0.4) is 0 Å². The third-order valence-electron chi connectivity index (χ3n) is 3.23. The molecule has 6 nitrogen and oxygen atoms in total. The van der Waals surface area contributed by atoms with Crippen molar-refractivity contribution in [1.82, 2.24) is 14.5 Å². The van der Waals surface area contributed by atoms with Crippen molar-refractivity contribution in [2.24, 2.45) is 7.05 Å². The van der Waals surface area contributed by atoms with E-state index in [9.17, 15) is 0 Å². The molecule has 7 heteroatoms. The van der Waals surface area contributed by atoms with Crippen LogP contribution in [-0.2, 0) is 13.6 Å². The molecule has 0 aliphatic heterocycles. The highest BCUT2D eigenvalue weighted by Crippen LogP contribution is 2.07. The summed E-state index contributed by atoms with van der Waals surface area (Å²) in [4.78, 5) is 6.40. The number of aryl methyl sites for hydroxylation is 1. The molecule has 0 fully saturated rings. The Kier molecular flexibility index (Phi) is 5.38. The molecule has 1 heterocycles. The standard InChI is InChI=1S/C14H20BN3O3/c1-17(11-14-16-6-7-18(14)2)8-9-21-13-5-3-4-12(10-13)15(19)20/h3-7,10,19-20H,8-9,11H2,1-2H3. The number of rotatable bonds is 7. The van der Waals surface area contributed by atoms with E-state index in [0.717, 1.165) is 18.9 Å². The summed E-state index contributed by atoms with van der Waals surface area (Å²) in [7, 11) is 2.50. The number of hydrogen-bond acceptors (Lipinski definition) is 5. The molecule has 0 atom stereocenters. The fraction of sp³-hybridized carbons (Fsp3) is 0.357. The molecular formula is C14H20BN3O3. The van der Waals surface area contributed by atoms with E-state index in [0.29, 0.717) is 17.8 Å². The molecule has 0 unspecified atom stereocenters. The lowest BCUT2D eigenvalue weighted by molar-refractivity contribution is 0.228. The summed E-state index contributed by atoms with van der Waals surface area (Å²) in [5.41, 5.74) is 0.425. The van der Waals surface area contributed by atoms with E-state index >= 15 is 0 Å². The van der Waals surface area contributed by atoms with E-state index in [1.54, 1.807) is 30.5 Å². The van der Waals surface area contributed by atoms with Crippen LogP contribution < -0.4 is 10.2 Å². The number of imidazole rings is 1. The maximum absolute atomic E-state index is 9.11. The molecule has 0 spiro atoms. The van der Waals surface area contributed by atoms with Gasteiger partial charge in [0.05, 0.1) is 6.54 Å². The Balaban J connectivity index is 1.78. The Morgan fingerprint density at radius 1 is 1.38 bits per heavy atom. The number of benzene rings is 1. The second-order valence-electron chi connectivity index (χ2n) is 4.99. The summed E-state index contributed by atoms with van der Waals surface area (Å²) in [5.74, 6) is 1.63. The third-order valence-corrected chi connectivity index (χ3v) is 3.23. The van der Waals surface area contributed by atoms with Crippen LogP contribution in [0.5, 0.6) is 5.75 Å². The highest BCUT2D eigenvalue weighted by Gasteiger charge is 2.11. The van der Waals surface area contributed by atoms with Crippen LogP contribution in [-0.4, -0.2) is 51.8 Å². The van der Waals surface area contributed by atoms with Crippen molar-refractivity contribution >= 4 is 12.6 Å². The minimum absolute atomic E-state index is 0.425. The zero-order chi connectivity index (χ0) is 15.2. The molecule has 2 rings (SSSR count). The summed E-state index contributed by atoms with van der Waals surface area (Å²) >= 11 is 0. The molecule has 2 aromatic rings. The minimum Gasteiger partial charge on any atom is -0.492 e. The molecule has 1 aromatic heterocycles. The Morgan fingerprint density at radius 3 is 2.86 bits per heavy atom. The topological polar surface area (TPSA) is 70.8 Å². The van der Waals surface area contributed by atoms with Gasteiger partial charge in [-0.05, 0) is 24.6 Å². The van der Waals surface area contributed by atoms with Gasteiger partial charge in [-0.1, -0.05) is 12.1 Å². The summed E-state index contributed by atoms with van der Waals surface area (Å²) in [6, 6.07) is 6.81. The third kappa shape index (κ3) is 4.59. The Labute approximate surface area is 124 Å². The predicted molar refractivity (Wildman–Crippen MR) is 81.3 cm³/mol. The van der Waals surface area contributed by atoms with Gasteiger partial charge in [-0.3, -0.25) is 4.90 Å². The van der Waals surface area contributed by atoms with Gasteiger partial charge in [0, 0.05) is 26.0 Å². The zero-order valence-electron chi connectivity index (χ0n) is 12.3. The van der Waals surface area contributed by atoms with Crippen molar-refractivity contribution in [1.29, 1.82) is 0 Å². The maximum Gasteiger partial charge on any atom is 0.488 e. The first-order valence-corrected chi connectivity index (χ1v) is 6.80. The summed E-state index contributed by atoms with van der Waals surface area (Å²) in [5, 5.41) is 18.2. The summed E-state index contributed by atoms with van der Waals surface area (Å²) in [6.45, 7) is 2.02. The highest BCUT2D eigenvalue weighted by atomic mass is 16.5. The first-order chi connectivity index (χ1) is 10.1. The van der Waals surface area contributed by atoms with Gasteiger partial charge in [-0.15, -0.1) is 0 Å². The van der Waals surface area contributed by atoms with Crippen molar-refractivity contribution in [3.63, 3.8) is 0 Å². The quantitative estimate of drug-likeness (QED) is 0.679. The van der Waals surface area contributed by atoms with Gasteiger partial charge in [-0.2, -0.15) is 0 Å². The first kappa shape index (κ1) is 15.6. The van der Waals surface area contributed by atoms with Crippen LogP contribution in [0.2, 0.25) is 0 Å². The molecule has 1 aromatic carbocycles. The van der Waals surface area contributed by atoms with Crippen molar-refractivity contribution < 1.29 is 14.8 Å². The van der Waals surface area contributed by atoms with E-state index in [4.69, 9.17) is 14.8 Å². The number of hydrogen-bond donors (Lipinski definition) is 2.